The molecule has 0 saturated carbocycles. The van der Waals surface area contributed by atoms with E-state index in [1.807, 2.05) is 24.4 Å². The molecular formula is C22H28N4O2. The highest BCUT2D eigenvalue weighted by Crippen LogP contribution is 2.29. The number of hydrazine groups is 1. The van der Waals surface area contributed by atoms with E-state index < -0.39 is 0 Å². The number of pyridine rings is 1. The molecule has 2 N–H and O–H groups in total. The molecule has 2 aliphatic heterocycles. The van der Waals surface area contributed by atoms with E-state index in [9.17, 15) is 4.79 Å². The molecule has 6 nitrogen and oxygen atoms in total. The van der Waals surface area contributed by atoms with E-state index in [0.29, 0.717) is 13.0 Å². The molecule has 0 radical (unpaired) electrons. The Hall–Kier alpha value is -2.60. The summed E-state index contributed by atoms with van der Waals surface area (Å²) in [6.45, 7) is 2.43. The number of benzene rings is 1. The van der Waals surface area contributed by atoms with Crippen molar-refractivity contribution in [1.29, 1.82) is 0 Å². The van der Waals surface area contributed by atoms with E-state index in [0.717, 1.165) is 55.2 Å². The van der Waals surface area contributed by atoms with Gasteiger partial charge in [-0.3, -0.25) is 15.2 Å². The van der Waals surface area contributed by atoms with Gasteiger partial charge in [0.15, 0.2) is 0 Å². The van der Waals surface area contributed by atoms with Gasteiger partial charge in [0.05, 0.1) is 11.4 Å². The summed E-state index contributed by atoms with van der Waals surface area (Å²) in [6, 6.07) is 10.2. The molecule has 148 valence electrons. The number of amides is 1. The molecule has 2 aromatic rings. The zero-order valence-corrected chi connectivity index (χ0v) is 16.2. The summed E-state index contributed by atoms with van der Waals surface area (Å²) < 4.78 is 0. The topological polar surface area (TPSA) is 68.7 Å². The summed E-state index contributed by atoms with van der Waals surface area (Å²) >= 11 is 0. The van der Waals surface area contributed by atoms with Crippen molar-refractivity contribution in [3.05, 3.63) is 48.3 Å². The molecule has 2 aliphatic rings. The van der Waals surface area contributed by atoms with Gasteiger partial charge < -0.3 is 10.0 Å². The van der Waals surface area contributed by atoms with Crippen LogP contribution in [0, 0.1) is 5.92 Å². The molecule has 0 bridgehead atoms. The minimum absolute atomic E-state index is 0.0766. The number of hydrogen-bond donors (Lipinski definition) is 2. The lowest BCUT2D eigenvalue weighted by Gasteiger charge is -2.34. The second kappa shape index (κ2) is 8.61. The second-order valence-corrected chi connectivity index (χ2v) is 7.69. The number of piperidine rings is 1. The first kappa shape index (κ1) is 18.7. The van der Waals surface area contributed by atoms with Crippen LogP contribution in [0.15, 0.2) is 42.7 Å². The van der Waals surface area contributed by atoms with Gasteiger partial charge in [0, 0.05) is 44.2 Å². The number of anilines is 3. The lowest BCUT2D eigenvalue weighted by molar-refractivity contribution is -0.118. The minimum atomic E-state index is 0.0766. The van der Waals surface area contributed by atoms with Gasteiger partial charge in [-0.05, 0) is 73.9 Å². The standard InChI is InChI=1S/C22H28N4O2/c27-15-1-2-17-10-13-25(14-11-17)20-6-4-19(5-7-20)24-26-21-9-12-23-16-18(21)3-8-22(26)28/h4-7,9,12,16-17,24,27H,1-3,8,10-11,13-15H2. The first-order valence-corrected chi connectivity index (χ1v) is 10.2. The number of carbonyl (C=O) groups is 1. The van der Waals surface area contributed by atoms with Crippen molar-refractivity contribution in [3.63, 3.8) is 0 Å². The predicted octanol–water partition coefficient (Wildman–Crippen LogP) is 3.38. The van der Waals surface area contributed by atoms with Gasteiger partial charge in [0.2, 0.25) is 5.91 Å². The fourth-order valence-electron chi connectivity index (χ4n) is 4.18. The lowest BCUT2D eigenvalue weighted by atomic mass is 9.92. The summed E-state index contributed by atoms with van der Waals surface area (Å²) in [5.41, 5.74) is 7.37. The van der Waals surface area contributed by atoms with Crippen molar-refractivity contribution >= 4 is 23.0 Å². The van der Waals surface area contributed by atoms with Crippen LogP contribution in [0.2, 0.25) is 0 Å². The van der Waals surface area contributed by atoms with Crippen LogP contribution in [0.1, 0.15) is 37.7 Å². The molecule has 28 heavy (non-hydrogen) atoms. The van der Waals surface area contributed by atoms with Gasteiger partial charge in [0.1, 0.15) is 0 Å². The monoisotopic (exact) mass is 380 g/mol. The third kappa shape index (κ3) is 4.12. The Balaban J connectivity index is 1.39. The molecule has 0 aliphatic carbocycles. The largest absolute Gasteiger partial charge is 0.396 e. The Labute approximate surface area is 166 Å². The van der Waals surface area contributed by atoms with E-state index in [4.69, 9.17) is 5.11 Å². The summed E-state index contributed by atoms with van der Waals surface area (Å²) in [5.74, 6) is 0.816. The maximum atomic E-state index is 12.4. The molecule has 0 atom stereocenters. The minimum Gasteiger partial charge on any atom is -0.396 e. The van der Waals surface area contributed by atoms with Crippen LogP contribution in [0.3, 0.4) is 0 Å². The van der Waals surface area contributed by atoms with E-state index in [1.165, 1.54) is 18.5 Å². The highest BCUT2D eigenvalue weighted by atomic mass is 16.3. The van der Waals surface area contributed by atoms with Crippen molar-refractivity contribution in [2.75, 3.05) is 35.0 Å². The van der Waals surface area contributed by atoms with Gasteiger partial charge in [-0.15, -0.1) is 0 Å². The Bertz CT molecular complexity index is 800. The molecule has 6 heteroatoms. The number of aromatic nitrogens is 1. The summed E-state index contributed by atoms with van der Waals surface area (Å²) in [6.07, 6.45) is 9.22. The highest BCUT2D eigenvalue weighted by Gasteiger charge is 2.24. The Morgan fingerprint density at radius 2 is 1.89 bits per heavy atom. The molecule has 0 unspecified atom stereocenters. The second-order valence-electron chi connectivity index (χ2n) is 7.69. The van der Waals surface area contributed by atoms with E-state index in [2.05, 4.69) is 27.4 Å². The van der Waals surface area contributed by atoms with Crippen molar-refractivity contribution < 1.29 is 9.90 Å². The summed E-state index contributed by atoms with van der Waals surface area (Å²) in [4.78, 5) is 19.0. The van der Waals surface area contributed by atoms with Crippen LogP contribution < -0.4 is 15.3 Å². The molecule has 1 aromatic heterocycles. The number of nitrogens with one attached hydrogen (secondary N) is 1. The Kier molecular flexibility index (Phi) is 5.76. The highest BCUT2D eigenvalue weighted by molar-refractivity contribution is 5.98. The number of nitrogens with zero attached hydrogens (tertiary/aromatic N) is 3. The van der Waals surface area contributed by atoms with Gasteiger partial charge in [-0.25, -0.2) is 5.01 Å². The van der Waals surface area contributed by atoms with Crippen LogP contribution in [0.5, 0.6) is 0 Å². The zero-order valence-electron chi connectivity index (χ0n) is 16.2. The quantitative estimate of drug-likeness (QED) is 0.804. The SMILES string of the molecule is O=C1CCc2cnccc2N1Nc1ccc(N2CCC(CCCO)CC2)cc1. The van der Waals surface area contributed by atoms with Crippen LogP contribution in [-0.2, 0) is 11.2 Å². The zero-order chi connectivity index (χ0) is 19.3. The normalized spacial score (nSPS) is 17.5. The lowest BCUT2D eigenvalue weighted by Crippen LogP contribution is -2.39. The van der Waals surface area contributed by atoms with Crippen LogP contribution >= 0.6 is 0 Å². The number of aliphatic hydroxyl groups excluding tert-OH is 1. The Morgan fingerprint density at radius 1 is 1.11 bits per heavy atom. The molecule has 4 rings (SSSR count). The van der Waals surface area contributed by atoms with Crippen molar-refractivity contribution in [2.24, 2.45) is 5.92 Å². The van der Waals surface area contributed by atoms with Gasteiger partial charge in [-0.1, -0.05) is 0 Å². The smallest absolute Gasteiger partial charge is 0.245 e. The molecule has 1 amide bonds. The number of carbonyl (C=O) groups excluding carboxylic acids is 1. The fraction of sp³-hybridized carbons (Fsp3) is 0.455. The van der Waals surface area contributed by atoms with Crippen molar-refractivity contribution in [2.45, 2.75) is 38.5 Å². The molecular weight excluding hydrogens is 352 g/mol. The van der Waals surface area contributed by atoms with Crippen molar-refractivity contribution in [1.82, 2.24) is 4.98 Å². The molecule has 1 saturated heterocycles. The van der Waals surface area contributed by atoms with Gasteiger partial charge in [-0.2, -0.15) is 0 Å². The van der Waals surface area contributed by atoms with Crippen molar-refractivity contribution in [3.8, 4) is 0 Å². The average molecular weight is 380 g/mol. The summed E-state index contributed by atoms with van der Waals surface area (Å²) in [7, 11) is 0. The average Bonchev–Trinajstić information content (AvgIpc) is 2.75. The first-order valence-electron chi connectivity index (χ1n) is 10.2. The Morgan fingerprint density at radius 3 is 2.64 bits per heavy atom. The van der Waals surface area contributed by atoms with Crippen LogP contribution in [-0.4, -0.2) is 35.7 Å². The number of aliphatic hydroxyl groups is 1. The number of hydrogen-bond acceptors (Lipinski definition) is 5. The molecule has 0 spiro atoms. The van der Waals surface area contributed by atoms with Crippen LogP contribution in [0.25, 0.3) is 0 Å². The number of fused-ring (bicyclic) bond motifs is 1. The first-order chi connectivity index (χ1) is 13.7. The van der Waals surface area contributed by atoms with E-state index in [-0.39, 0.29) is 5.91 Å². The molecule has 3 heterocycles. The van der Waals surface area contributed by atoms with Crippen LogP contribution in [0.4, 0.5) is 17.1 Å². The maximum Gasteiger partial charge on any atom is 0.245 e. The third-order valence-corrected chi connectivity index (χ3v) is 5.83. The fourth-order valence-corrected chi connectivity index (χ4v) is 4.18. The summed E-state index contributed by atoms with van der Waals surface area (Å²) in [5, 5.41) is 10.6. The number of rotatable bonds is 6. The molecule has 1 fully saturated rings. The van der Waals surface area contributed by atoms with E-state index in [1.54, 1.807) is 11.2 Å². The number of aryl methyl sites for hydroxylation is 1. The molecule has 1 aromatic carbocycles. The van der Waals surface area contributed by atoms with Gasteiger partial charge in [0.25, 0.3) is 0 Å². The third-order valence-electron chi connectivity index (χ3n) is 5.83. The van der Waals surface area contributed by atoms with Gasteiger partial charge >= 0.3 is 0 Å². The predicted molar refractivity (Wildman–Crippen MR) is 111 cm³/mol. The maximum absolute atomic E-state index is 12.4. The van der Waals surface area contributed by atoms with E-state index >= 15 is 0 Å².